The number of aromatic nitrogens is 1. The van der Waals surface area contributed by atoms with Gasteiger partial charge >= 0.3 is 5.97 Å². The molecule has 1 heterocycles. The summed E-state index contributed by atoms with van der Waals surface area (Å²) in [6.07, 6.45) is 0.846. The predicted molar refractivity (Wildman–Crippen MR) is 48.8 cm³/mol. The minimum atomic E-state index is -1.70. The lowest BCUT2D eigenvalue weighted by Crippen LogP contribution is -1.99. The van der Waals surface area contributed by atoms with E-state index in [1.54, 1.807) is 0 Å². The molecule has 7 heteroatoms. The Morgan fingerprint density at radius 3 is 2.59 bits per heavy atom. The van der Waals surface area contributed by atoms with E-state index in [2.05, 4.69) is 9.68 Å². The summed E-state index contributed by atoms with van der Waals surface area (Å²) in [5, 5.41) is 11.9. The van der Waals surface area contributed by atoms with Crippen LogP contribution in [0.25, 0.3) is 11.3 Å². The van der Waals surface area contributed by atoms with Gasteiger partial charge in [-0.3, -0.25) is 0 Å². The van der Waals surface area contributed by atoms with Crippen LogP contribution in [0.2, 0.25) is 0 Å². The first kappa shape index (κ1) is 11.2. The highest BCUT2D eigenvalue weighted by Crippen LogP contribution is 2.28. The maximum absolute atomic E-state index is 13.4. The normalized spacial score (nSPS) is 10.5. The van der Waals surface area contributed by atoms with Crippen LogP contribution in [0.5, 0.6) is 0 Å². The number of hydrogen-bond donors (Lipinski definition) is 1. The molecule has 2 aromatic rings. The molecule has 0 saturated carbocycles. The van der Waals surface area contributed by atoms with Crippen LogP contribution < -0.4 is 0 Å². The van der Waals surface area contributed by atoms with E-state index in [1.807, 2.05) is 0 Å². The van der Waals surface area contributed by atoms with E-state index < -0.39 is 40.3 Å². The molecule has 17 heavy (non-hydrogen) atoms. The molecular weight excluding hydrogens is 239 g/mol. The van der Waals surface area contributed by atoms with Crippen LogP contribution in [0.4, 0.5) is 13.2 Å². The lowest BCUT2D eigenvalue weighted by Gasteiger charge is -2.01. The van der Waals surface area contributed by atoms with Crippen LogP contribution in [0.3, 0.4) is 0 Å². The molecule has 0 amide bonds. The highest BCUT2D eigenvalue weighted by Gasteiger charge is 2.23. The van der Waals surface area contributed by atoms with Crippen molar-refractivity contribution in [3.8, 4) is 11.3 Å². The summed E-state index contributed by atoms with van der Waals surface area (Å²) in [6, 6.07) is 1.54. The molecule has 0 aliphatic heterocycles. The Labute approximate surface area is 92.3 Å². The molecule has 0 spiro atoms. The van der Waals surface area contributed by atoms with E-state index in [0.717, 1.165) is 12.3 Å². The monoisotopic (exact) mass is 243 g/mol. The van der Waals surface area contributed by atoms with Gasteiger partial charge in [-0.1, -0.05) is 5.16 Å². The number of rotatable bonds is 2. The zero-order valence-electron chi connectivity index (χ0n) is 8.08. The average Bonchev–Trinajstić information content (AvgIpc) is 2.75. The first-order chi connectivity index (χ1) is 8.02. The summed E-state index contributed by atoms with van der Waals surface area (Å²) in [6.45, 7) is 0. The average molecular weight is 243 g/mol. The molecule has 1 aromatic carbocycles. The molecule has 4 nitrogen and oxygen atoms in total. The lowest BCUT2D eigenvalue weighted by molar-refractivity contribution is 0.0697. The molecule has 0 fully saturated rings. The summed E-state index contributed by atoms with van der Waals surface area (Å²) in [4.78, 5) is 10.7. The lowest BCUT2D eigenvalue weighted by atomic mass is 10.1. The Hall–Kier alpha value is -2.31. The van der Waals surface area contributed by atoms with E-state index >= 15 is 0 Å². The van der Waals surface area contributed by atoms with Gasteiger partial charge < -0.3 is 9.63 Å². The Morgan fingerprint density at radius 1 is 1.24 bits per heavy atom. The topological polar surface area (TPSA) is 63.3 Å². The van der Waals surface area contributed by atoms with Gasteiger partial charge in [0.1, 0.15) is 5.56 Å². The van der Waals surface area contributed by atoms with Crippen LogP contribution in [0.1, 0.15) is 10.4 Å². The van der Waals surface area contributed by atoms with Crippen LogP contribution in [-0.4, -0.2) is 16.2 Å². The predicted octanol–water partition coefficient (Wildman–Crippen LogP) is 2.46. The largest absolute Gasteiger partial charge is 0.477 e. The summed E-state index contributed by atoms with van der Waals surface area (Å²) < 4.78 is 43.5. The molecule has 1 N–H and O–H groups in total. The highest BCUT2D eigenvalue weighted by molar-refractivity contribution is 5.93. The number of carboxylic acids is 1. The molecule has 2 rings (SSSR count). The van der Waals surface area contributed by atoms with E-state index in [-0.39, 0.29) is 0 Å². The Bertz CT molecular complexity index is 594. The maximum atomic E-state index is 13.4. The van der Waals surface area contributed by atoms with Gasteiger partial charge in [-0.15, -0.1) is 0 Å². The van der Waals surface area contributed by atoms with Crippen LogP contribution >= 0.6 is 0 Å². The Kier molecular flexibility index (Phi) is 2.58. The van der Waals surface area contributed by atoms with E-state index in [9.17, 15) is 18.0 Å². The fraction of sp³-hybridized carbons (Fsp3) is 0. The van der Waals surface area contributed by atoms with Gasteiger partial charge in [0.25, 0.3) is 0 Å². The molecule has 0 unspecified atom stereocenters. The third-order valence-electron chi connectivity index (χ3n) is 2.08. The van der Waals surface area contributed by atoms with E-state index in [0.29, 0.717) is 6.07 Å². The van der Waals surface area contributed by atoms with Crippen molar-refractivity contribution in [2.45, 2.75) is 0 Å². The van der Waals surface area contributed by atoms with Gasteiger partial charge in [0.05, 0.1) is 11.8 Å². The third-order valence-corrected chi connectivity index (χ3v) is 2.08. The van der Waals surface area contributed by atoms with Crippen molar-refractivity contribution in [3.05, 3.63) is 41.3 Å². The van der Waals surface area contributed by atoms with Crippen molar-refractivity contribution in [3.63, 3.8) is 0 Å². The Morgan fingerprint density at radius 2 is 1.94 bits per heavy atom. The molecule has 0 aliphatic carbocycles. The number of benzene rings is 1. The van der Waals surface area contributed by atoms with Crippen molar-refractivity contribution >= 4 is 5.97 Å². The van der Waals surface area contributed by atoms with Crippen LogP contribution in [-0.2, 0) is 0 Å². The van der Waals surface area contributed by atoms with Gasteiger partial charge in [0, 0.05) is 0 Å². The molecule has 0 aliphatic rings. The first-order valence-corrected chi connectivity index (χ1v) is 4.34. The molecule has 1 aromatic heterocycles. The molecular formula is C10H4F3NO3. The van der Waals surface area contributed by atoms with Crippen molar-refractivity contribution in [2.24, 2.45) is 0 Å². The van der Waals surface area contributed by atoms with Crippen molar-refractivity contribution in [2.75, 3.05) is 0 Å². The fourth-order valence-corrected chi connectivity index (χ4v) is 1.29. The number of carbonyl (C=O) groups is 1. The van der Waals surface area contributed by atoms with Crippen LogP contribution in [0.15, 0.2) is 22.9 Å². The van der Waals surface area contributed by atoms with Gasteiger partial charge in [0.2, 0.25) is 0 Å². The first-order valence-electron chi connectivity index (χ1n) is 4.34. The molecule has 88 valence electrons. The smallest absolute Gasteiger partial charge is 0.341 e. The SMILES string of the molecule is O=C(O)c1cnoc1-c1ccc(F)c(F)c1F. The van der Waals surface area contributed by atoms with Gasteiger partial charge in [-0.25, -0.2) is 18.0 Å². The fourth-order valence-electron chi connectivity index (χ4n) is 1.29. The van der Waals surface area contributed by atoms with Crippen LogP contribution in [0, 0.1) is 17.5 Å². The molecule has 0 saturated heterocycles. The summed E-state index contributed by atoms with van der Waals surface area (Å²) >= 11 is 0. The summed E-state index contributed by atoms with van der Waals surface area (Å²) in [7, 11) is 0. The van der Waals surface area contributed by atoms with E-state index in [4.69, 9.17) is 5.11 Å². The van der Waals surface area contributed by atoms with E-state index in [1.165, 1.54) is 0 Å². The second-order valence-electron chi connectivity index (χ2n) is 3.10. The standard InChI is InChI=1S/C10H4F3NO3/c11-6-2-1-4(7(12)8(6)13)9-5(10(15)16)3-14-17-9/h1-3H,(H,15,16). The second-order valence-corrected chi connectivity index (χ2v) is 3.10. The molecule has 0 bridgehead atoms. The molecule has 0 radical (unpaired) electrons. The quantitative estimate of drug-likeness (QED) is 0.823. The number of halogens is 3. The molecule has 0 atom stereocenters. The maximum Gasteiger partial charge on any atom is 0.341 e. The van der Waals surface area contributed by atoms with Crippen molar-refractivity contribution in [1.82, 2.24) is 5.16 Å². The van der Waals surface area contributed by atoms with Gasteiger partial charge in [-0.05, 0) is 12.1 Å². The zero-order valence-corrected chi connectivity index (χ0v) is 8.08. The highest BCUT2D eigenvalue weighted by atomic mass is 19.2. The van der Waals surface area contributed by atoms with Crippen molar-refractivity contribution in [1.29, 1.82) is 0 Å². The zero-order chi connectivity index (χ0) is 12.6. The minimum absolute atomic E-state index is 0.435. The summed E-state index contributed by atoms with van der Waals surface area (Å²) in [5.41, 5.74) is -0.936. The van der Waals surface area contributed by atoms with Crippen molar-refractivity contribution < 1.29 is 27.6 Å². The minimum Gasteiger partial charge on any atom is -0.477 e. The number of hydrogen-bond acceptors (Lipinski definition) is 3. The Balaban J connectivity index is 2.65. The van der Waals surface area contributed by atoms with Gasteiger partial charge in [0.15, 0.2) is 23.2 Å². The number of carboxylic acid groups (broad SMARTS) is 1. The summed E-state index contributed by atoms with van der Waals surface area (Å²) in [5.74, 6) is -6.47. The number of aromatic carboxylic acids is 1. The second kappa shape index (κ2) is 3.93. The third kappa shape index (κ3) is 1.75. The van der Waals surface area contributed by atoms with Gasteiger partial charge in [-0.2, -0.15) is 0 Å². The number of nitrogens with zero attached hydrogens (tertiary/aromatic N) is 1.